The Labute approximate surface area is 92.5 Å². The summed E-state index contributed by atoms with van der Waals surface area (Å²) in [6.07, 6.45) is 0. The molecule has 84 valence electrons. The van der Waals surface area contributed by atoms with E-state index in [2.05, 4.69) is 4.98 Å². The van der Waals surface area contributed by atoms with Crippen LogP contribution in [0.1, 0.15) is 23.1 Å². The lowest BCUT2D eigenvalue weighted by Gasteiger charge is -2.05. The molecule has 0 fully saturated rings. The summed E-state index contributed by atoms with van der Waals surface area (Å²) in [6, 6.07) is 5.07. The zero-order valence-corrected chi connectivity index (χ0v) is 8.97. The molecule has 5 heteroatoms. The first-order valence-electron chi connectivity index (χ1n) is 5.10. The molecule has 0 atom stereocenters. The first-order chi connectivity index (χ1) is 7.69. The van der Waals surface area contributed by atoms with Gasteiger partial charge in [0.1, 0.15) is 5.82 Å². The van der Waals surface area contributed by atoms with E-state index in [1.165, 1.54) is 0 Å². The number of benzene rings is 1. The first-order valence-corrected chi connectivity index (χ1v) is 5.10. The van der Waals surface area contributed by atoms with Crippen molar-refractivity contribution in [3.63, 3.8) is 0 Å². The Morgan fingerprint density at radius 2 is 2.31 bits per heavy atom. The molecule has 1 aromatic carbocycles. The number of aromatic carboxylic acids is 1. The molecule has 3 N–H and O–H groups in total. The van der Waals surface area contributed by atoms with Gasteiger partial charge in [0.05, 0.1) is 23.1 Å². The fourth-order valence-corrected chi connectivity index (χ4v) is 1.90. The fourth-order valence-electron chi connectivity index (χ4n) is 1.90. The highest BCUT2D eigenvalue weighted by molar-refractivity contribution is 6.01. The molecule has 5 nitrogen and oxygen atoms in total. The number of imidazole rings is 1. The molecular formula is C11H13N3O2. The molecule has 0 spiro atoms. The van der Waals surface area contributed by atoms with Gasteiger partial charge in [-0.1, -0.05) is 6.07 Å². The number of hydrogen-bond donors (Lipinski definition) is 2. The molecule has 0 saturated heterocycles. The summed E-state index contributed by atoms with van der Waals surface area (Å²) in [5.41, 5.74) is 7.19. The fraction of sp³-hybridized carbons (Fsp3) is 0.273. The monoisotopic (exact) mass is 219 g/mol. The van der Waals surface area contributed by atoms with E-state index >= 15 is 0 Å². The summed E-state index contributed by atoms with van der Waals surface area (Å²) in [5, 5.41) is 9.11. The molecular weight excluding hydrogens is 206 g/mol. The molecule has 0 bridgehead atoms. The third kappa shape index (κ3) is 1.45. The number of carboxylic acid groups (broad SMARTS) is 1. The average molecular weight is 219 g/mol. The van der Waals surface area contributed by atoms with Gasteiger partial charge in [-0.15, -0.1) is 0 Å². The molecule has 0 aliphatic carbocycles. The van der Waals surface area contributed by atoms with Crippen LogP contribution >= 0.6 is 0 Å². The molecule has 0 aliphatic rings. The average Bonchev–Trinajstić information content (AvgIpc) is 2.65. The molecule has 0 aliphatic heterocycles. The quantitative estimate of drug-likeness (QED) is 0.813. The molecule has 0 unspecified atom stereocenters. The largest absolute Gasteiger partial charge is 0.478 e. The Morgan fingerprint density at radius 3 is 2.88 bits per heavy atom. The number of fused-ring (bicyclic) bond motifs is 1. The van der Waals surface area contributed by atoms with Gasteiger partial charge in [-0.25, -0.2) is 9.78 Å². The van der Waals surface area contributed by atoms with E-state index in [1.54, 1.807) is 18.2 Å². The molecule has 2 aromatic rings. The van der Waals surface area contributed by atoms with Gasteiger partial charge in [0.15, 0.2) is 0 Å². The minimum Gasteiger partial charge on any atom is -0.478 e. The molecule has 2 rings (SSSR count). The maximum atomic E-state index is 11.1. The lowest BCUT2D eigenvalue weighted by molar-refractivity contribution is 0.0698. The Bertz CT molecular complexity index is 545. The predicted octanol–water partition coefficient (Wildman–Crippen LogP) is 1.21. The zero-order valence-electron chi connectivity index (χ0n) is 8.97. The van der Waals surface area contributed by atoms with E-state index in [0.29, 0.717) is 29.9 Å². The summed E-state index contributed by atoms with van der Waals surface area (Å²) in [4.78, 5) is 15.4. The van der Waals surface area contributed by atoms with Crippen LogP contribution in [0.5, 0.6) is 0 Å². The molecule has 0 amide bonds. The number of aromatic nitrogens is 2. The maximum Gasteiger partial charge on any atom is 0.337 e. The van der Waals surface area contributed by atoms with E-state index in [-0.39, 0.29) is 5.56 Å². The van der Waals surface area contributed by atoms with Crippen LogP contribution in [0, 0.1) is 0 Å². The van der Waals surface area contributed by atoms with Crippen molar-refractivity contribution in [2.45, 2.75) is 20.0 Å². The van der Waals surface area contributed by atoms with Crippen LogP contribution in [0.4, 0.5) is 0 Å². The standard InChI is InChI=1S/C11H13N3O2/c1-2-14-9(6-12)13-8-5-3-4-7(10(8)14)11(15)16/h3-5H,2,6,12H2,1H3,(H,15,16). The lowest BCUT2D eigenvalue weighted by atomic mass is 10.2. The second-order valence-electron chi connectivity index (χ2n) is 3.45. The van der Waals surface area contributed by atoms with Crippen LogP contribution in [0.2, 0.25) is 0 Å². The number of para-hydroxylation sites is 1. The normalized spacial score (nSPS) is 10.9. The van der Waals surface area contributed by atoms with E-state index < -0.39 is 5.97 Å². The van der Waals surface area contributed by atoms with Crippen LogP contribution < -0.4 is 5.73 Å². The highest BCUT2D eigenvalue weighted by Gasteiger charge is 2.15. The van der Waals surface area contributed by atoms with Crippen molar-refractivity contribution in [3.8, 4) is 0 Å². The van der Waals surface area contributed by atoms with Crippen LogP contribution in [-0.4, -0.2) is 20.6 Å². The highest BCUT2D eigenvalue weighted by atomic mass is 16.4. The number of nitrogens with zero attached hydrogens (tertiary/aromatic N) is 2. The number of nitrogens with two attached hydrogens (primary N) is 1. The van der Waals surface area contributed by atoms with Gasteiger partial charge in [-0.3, -0.25) is 0 Å². The van der Waals surface area contributed by atoms with Gasteiger partial charge in [0, 0.05) is 6.54 Å². The maximum absolute atomic E-state index is 11.1. The second kappa shape index (κ2) is 3.94. The van der Waals surface area contributed by atoms with Crippen molar-refractivity contribution in [1.29, 1.82) is 0 Å². The van der Waals surface area contributed by atoms with Crippen molar-refractivity contribution in [2.75, 3.05) is 0 Å². The van der Waals surface area contributed by atoms with Gasteiger partial charge in [-0.05, 0) is 19.1 Å². The summed E-state index contributed by atoms with van der Waals surface area (Å²) >= 11 is 0. The van der Waals surface area contributed by atoms with E-state index in [0.717, 1.165) is 0 Å². The Balaban J connectivity index is 2.84. The molecule has 0 saturated carbocycles. The first kappa shape index (κ1) is 10.6. The van der Waals surface area contributed by atoms with Crippen LogP contribution in [-0.2, 0) is 13.1 Å². The number of rotatable bonds is 3. The van der Waals surface area contributed by atoms with E-state index in [1.807, 2.05) is 11.5 Å². The van der Waals surface area contributed by atoms with Gasteiger partial charge >= 0.3 is 5.97 Å². The number of hydrogen-bond acceptors (Lipinski definition) is 3. The molecule has 16 heavy (non-hydrogen) atoms. The Morgan fingerprint density at radius 1 is 1.56 bits per heavy atom. The summed E-state index contributed by atoms with van der Waals surface area (Å²) in [6.45, 7) is 2.91. The number of aryl methyl sites for hydroxylation is 1. The van der Waals surface area contributed by atoms with E-state index in [4.69, 9.17) is 10.8 Å². The van der Waals surface area contributed by atoms with Crippen LogP contribution in [0.25, 0.3) is 11.0 Å². The smallest absolute Gasteiger partial charge is 0.337 e. The highest BCUT2D eigenvalue weighted by Crippen LogP contribution is 2.20. The van der Waals surface area contributed by atoms with Crippen molar-refractivity contribution in [2.24, 2.45) is 5.73 Å². The van der Waals surface area contributed by atoms with Gasteiger partial charge in [-0.2, -0.15) is 0 Å². The third-order valence-corrected chi connectivity index (χ3v) is 2.57. The van der Waals surface area contributed by atoms with Gasteiger partial charge < -0.3 is 15.4 Å². The molecule has 1 aromatic heterocycles. The lowest BCUT2D eigenvalue weighted by Crippen LogP contribution is -2.09. The second-order valence-corrected chi connectivity index (χ2v) is 3.45. The van der Waals surface area contributed by atoms with Gasteiger partial charge in [0.2, 0.25) is 0 Å². The summed E-state index contributed by atoms with van der Waals surface area (Å²) in [5.74, 6) is -0.227. The Hall–Kier alpha value is -1.88. The van der Waals surface area contributed by atoms with Crippen molar-refractivity contribution in [1.82, 2.24) is 9.55 Å². The Kier molecular flexibility index (Phi) is 2.62. The summed E-state index contributed by atoms with van der Waals surface area (Å²) in [7, 11) is 0. The minimum atomic E-state index is -0.941. The number of carbonyl (C=O) groups is 1. The SMILES string of the molecule is CCn1c(CN)nc2cccc(C(=O)O)c21. The van der Waals surface area contributed by atoms with Crippen molar-refractivity contribution < 1.29 is 9.90 Å². The van der Waals surface area contributed by atoms with E-state index in [9.17, 15) is 4.79 Å². The zero-order chi connectivity index (χ0) is 11.7. The topological polar surface area (TPSA) is 81.1 Å². The molecule has 1 heterocycles. The third-order valence-electron chi connectivity index (χ3n) is 2.57. The van der Waals surface area contributed by atoms with Gasteiger partial charge in [0.25, 0.3) is 0 Å². The van der Waals surface area contributed by atoms with Crippen molar-refractivity contribution in [3.05, 3.63) is 29.6 Å². The summed E-state index contributed by atoms with van der Waals surface area (Å²) < 4.78 is 1.85. The van der Waals surface area contributed by atoms with Crippen LogP contribution in [0.15, 0.2) is 18.2 Å². The molecule has 0 radical (unpaired) electrons. The predicted molar refractivity (Wildman–Crippen MR) is 60.3 cm³/mol. The number of carboxylic acids is 1. The minimum absolute atomic E-state index is 0.270. The van der Waals surface area contributed by atoms with Crippen LogP contribution in [0.3, 0.4) is 0 Å². The van der Waals surface area contributed by atoms with Crippen molar-refractivity contribution >= 4 is 17.0 Å².